The zero-order chi connectivity index (χ0) is 32.1. The predicted molar refractivity (Wildman–Crippen MR) is 171 cm³/mol. The number of rotatable bonds is 11. The van der Waals surface area contributed by atoms with E-state index in [2.05, 4.69) is 5.32 Å². The lowest BCUT2D eigenvalue weighted by atomic mass is 9.87. The summed E-state index contributed by atoms with van der Waals surface area (Å²) in [6.07, 6.45) is 0.0587. The van der Waals surface area contributed by atoms with Crippen LogP contribution < -0.4 is 20.4 Å². The highest BCUT2D eigenvalue weighted by atomic mass is 127. The summed E-state index contributed by atoms with van der Waals surface area (Å²) in [4.78, 5) is 41.9. The number of benzene rings is 2. The van der Waals surface area contributed by atoms with Gasteiger partial charge in [-0.1, -0.05) is 18.2 Å². The molecular formula is C32H35IN2O10. The zero-order valence-electron chi connectivity index (χ0n) is 24.6. The van der Waals surface area contributed by atoms with Crippen LogP contribution in [0.3, 0.4) is 0 Å². The van der Waals surface area contributed by atoms with Crippen LogP contribution in [0.25, 0.3) is 11.0 Å². The third-order valence-corrected chi connectivity index (χ3v) is 8.70. The van der Waals surface area contributed by atoms with Crippen LogP contribution in [-0.2, 0) is 16.1 Å². The van der Waals surface area contributed by atoms with E-state index in [1.54, 1.807) is 36.4 Å². The van der Waals surface area contributed by atoms with Crippen LogP contribution in [0.5, 0.6) is 11.5 Å². The van der Waals surface area contributed by atoms with E-state index in [1.165, 1.54) is 24.2 Å². The number of methoxy groups -OCH3 is 1. The van der Waals surface area contributed by atoms with Gasteiger partial charge in [0.25, 0.3) is 5.91 Å². The molecule has 2 heterocycles. The van der Waals surface area contributed by atoms with Crippen molar-refractivity contribution in [3.63, 3.8) is 0 Å². The van der Waals surface area contributed by atoms with E-state index >= 15 is 0 Å². The number of aliphatic hydroxyl groups excluding tert-OH is 3. The normalized spacial score (nSPS) is 21.3. The molecule has 1 aliphatic carbocycles. The van der Waals surface area contributed by atoms with Gasteiger partial charge in [0.2, 0.25) is 5.91 Å². The molecule has 0 unspecified atom stereocenters. The maximum Gasteiger partial charge on any atom is 0.349 e. The molecule has 5 rings (SSSR count). The molecule has 0 radical (unpaired) electrons. The molecule has 240 valence electrons. The van der Waals surface area contributed by atoms with Crippen molar-refractivity contribution in [3.8, 4) is 11.5 Å². The van der Waals surface area contributed by atoms with Crippen LogP contribution in [0.2, 0.25) is 0 Å². The van der Waals surface area contributed by atoms with Crippen molar-refractivity contribution in [1.82, 2.24) is 10.2 Å². The number of ether oxygens (including phenoxy) is 3. The molecule has 13 heteroatoms. The smallest absolute Gasteiger partial charge is 0.349 e. The second kappa shape index (κ2) is 14.7. The van der Waals surface area contributed by atoms with Crippen LogP contribution in [0.4, 0.5) is 0 Å². The van der Waals surface area contributed by atoms with Gasteiger partial charge in [-0.3, -0.25) is 9.59 Å². The third kappa shape index (κ3) is 7.33. The number of hydrogen-bond acceptors (Lipinski definition) is 10. The summed E-state index contributed by atoms with van der Waals surface area (Å²) in [5.74, 6) is -0.592. The maximum atomic E-state index is 14.2. The summed E-state index contributed by atoms with van der Waals surface area (Å²) in [6, 6.07) is 10.6. The molecular weight excluding hydrogens is 699 g/mol. The number of nitrogens with zero attached hydrogens (tertiary/aromatic N) is 1. The molecule has 0 bridgehead atoms. The average Bonchev–Trinajstić information content (AvgIpc) is 3.57. The molecule has 2 amide bonds. The molecule has 4 atom stereocenters. The summed E-state index contributed by atoms with van der Waals surface area (Å²) in [7, 11) is 1.44. The van der Waals surface area contributed by atoms with E-state index < -0.39 is 35.7 Å². The molecule has 3 aromatic rings. The van der Waals surface area contributed by atoms with Gasteiger partial charge >= 0.3 is 5.63 Å². The van der Waals surface area contributed by atoms with Crippen molar-refractivity contribution in [3.05, 3.63) is 79.2 Å². The Morgan fingerprint density at radius 2 is 1.98 bits per heavy atom. The third-order valence-electron chi connectivity index (χ3n) is 7.90. The van der Waals surface area contributed by atoms with E-state index in [0.717, 1.165) is 6.42 Å². The van der Waals surface area contributed by atoms with Gasteiger partial charge in [0, 0.05) is 37.1 Å². The predicted octanol–water partition coefficient (Wildman–Crippen LogP) is 2.14. The van der Waals surface area contributed by atoms with Crippen molar-refractivity contribution < 1.29 is 43.5 Å². The SMILES string of the molecule is COc1cc(CO)cc(I)c1O[C@H]1C=C(C(=O)NCCO)C[C@@H](N(C[C@H]2CCCO2)C(=O)c2cc3ccccc3oc2=O)[C@@H]1O. The standard InChI is InChI=1S/C32H35IN2O10/c1-42-27-12-18(17-37)11-23(33)29(27)44-26-15-20(30(39)34-8-9-36)14-24(28(26)38)35(16-21-6-4-10-43-21)31(40)22-13-19-5-2-3-7-25(19)45-32(22)41/h2-3,5,7,11-13,15,21,24,26,28,36-38H,4,6,8-10,14,16-17H2,1H3,(H,34,39)/t21-,24-,26+,28+/m1/s1. The number of hydrogen-bond donors (Lipinski definition) is 4. The van der Waals surface area contributed by atoms with Crippen molar-refractivity contribution in [1.29, 1.82) is 0 Å². The molecule has 45 heavy (non-hydrogen) atoms. The first-order valence-electron chi connectivity index (χ1n) is 14.6. The topological polar surface area (TPSA) is 168 Å². The Morgan fingerprint density at radius 3 is 2.69 bits per heavy atom. The molecule has 2 aromatic carbocycles. The fraction of sp³-hybridized carbons (Fsp3) is 0.406. The van der Waals surface area contributed by atoms with E-state index in [4.69, 9.17) is 18.6 Å². The minimum Gasteiger partial charge on any atom is -0.493 e. The summed E-state index contributed by atoms with van der Waals surface area (Å²) in [5, 5.41) is 34.0. The molecule has 1 aliphatic heterocycles. The molecule has 1 fully saturated rings. The van der Waals surface area contributed by atoms with Crippen molar-refractivity contribution in [2.24, 2.45) is 0 Å². The Labute approximate surface area is 272 Å². The van der Waals surface area contributed by atoms with E-state index in [9.17, 15) is 29.7 Å². The minimum absolute atomic E-state index is 0.0000445. The number of carbonyl (C=O) groups excluding carboxylic acids is 2. The zero-order valence-corrected chi connectivity index (χ0v) is 26.8. The number of fused-ring (bicyclic) bond motifs is 1. The lowest BCUT2D eigenvalue weighted by molar-refractivity contribution is -0.118. The highest BCUT2D eigenvalue weighted by Crippen LogP contribution is 2.37. The second-order valence-electron chi connectivity index (χ2n) is 10.9. The van der Waals surface area contributed by atoms with Crippen LogP contribution in [0, 0.1) is 3.57 Å². The largest absolute Gasteiger partial charge is 0.493 e. The molecule has 1 aromatic heterocycles. The lowest BCUT2D eigenvalue weighted by Crippen LogP contribution is -2.57. The van der Waals surface area contributed by atoms with Crippen molar-refractivity contribution in [2.45, 2.75) is 50.2 Å². The van der Waals surface area contributed by atoms with E-state index in [-0.39, 0.29) is 55.7 Å². The van der Waals surface area contributed by atoms with Crippen molar-refractivity contribution >= 4 is 45.4 Å². The molecule has 4 N–H and O–H groups in total. The number of amides is 2. The summed E-state index contributed by atoms with van der Waals surface area (Å²) >= 11 is 2.03. The first-order valence-corrected chi connectivity index (χ1v) is 15.7. The van der Waals surface area contributed by atoms with Gasteiger partial charge in [-0.05, 0) is 71.3 Å². The van der Waals surface area contributed by atoms with Gasteiger partial charge < -0.3 is 44.2 Å². The number of nitrogens with one attached hydrogen (secondary N) is 1. The van der Waals surface area contributed by atoms with Crippen LogP contribution >= 0.6 is 22.6 Å². The number of aliphatic hydroxyl groups is 3. The lowest BCUT2D eigenvalue weighted by Gasteiger charge is -2.41. The number of halogens is 1. The van der Waals surface area contributed by atoms with Crippen molar-refractivity contribution in [2.75, 3.05) is 33.4 Å². The Bertz CT molecular complexity index is 1630. The van der Waals surface area contributed by atoms with E-state index in [1.807, 2.05) is 22.6 Å². The number of carbonyl (C=O) groups is 2. The number of para-hydroxylation sites is 1. The van der Waals surface area contributed by atoms with Gasteiger partial charge in [0.05, 0.1) is 36.0 Å². The molecule has 12 nitrogen and oxygen atoms in total. The Balaban J connectivity index is 1.56. The van der Waals surface area contributed by atoms with Gasteiger partial charge in [0.1, 0.15) is 23.4 Å². The van der Waals surface area contributed by atoms with Crippen LogP contribution in [-0.4, -0.2) is 89.8 Å². The fourth-order valence-corrected chi connectivity index (χ4v) is 6.43. The Kier molecular flexibility index (Phi) is 10.8. The molecule has 2 aliphatic rings. The van der Waals surface area contributed by atoms with Gasteiger partial charge in [0.15, 0.2) is 11.5 Å². The van der Waals surface area contributed by atoms with E-state index in [0.29, 0.717) is 38.9 Å². The van der Waals surface area contributed by atoms with Crippen LogP contribution in [0.1, 0.15) is 35.2 Å². The van der Waals surface area contributed by atoms with Gasteiger partial charge in [-0.15, -0.1) is 0 Å². The van der Waals surface area contributed by atoms with Gasteiger partial charge in [-0.25, -0.2) is 4.79 Å². The average molecular weight is 735 g/mol. The first kappa shape index (κ1) is 32.9. The Hall–Kier alpha value is -3.50. The highest BCUT2D eigenvalue weighted by molar-refractivity contribution is 14.1. The quantitative estimate of drug-likeness (QED) is 0.169. The van der Waals surface area contributed by atoms with Crippen LogP contribution in [0.15, 0.2) is 63.3 Å². The second-order valence-corrected chi connectivity index (χ2v) is 12.0. The molecule has 0 saturated carbocycles. The summed E-state index contributed by atoms with van der Waals surface area (Å²) in [5.41, 5.74) is 0.104. The fourth-order valence-electron chi connectivity index (χ4n) is 5.64. The minimum atomic E-state index is -1.35. The van der Waals surface area contributed by atoms with Gasteiger partial charge in [-0.2, -0.15) is 0 Å². The highest BCUT2D eigenvalue weighted by Gasteiger charge is 2.42. The maximum absolute atomic E-state index is 14.2. The molecule has 1 saturated heterocycles. The Morgan fingerprint density at radius 1 is 1.18 bits per heavy atom. The summed E-state index contributed by atoms with van der Waals surface area (Å²) in [6.45, 7) is 0.0650. The monoisotopic (exact) mass is 734 g/mol. The summed E-state index contributed by atoms with van der Waals surface area (Å²) < 4.78 is 23.7. The molecule has 0 spiro atoms. The first-order chi connectivity index (χ1) is 21.7.